The van der Waals surface area contributed by atoms with Gasteiger partial charge >= 0.3 is 6.36 Å². The number of aryl methyl sites for hydroxylation is 2. The van der Waals surface area contributed by atoms with E-state index >= 15 is 0 Å². The summed E-state index contributed by atoms with van der Waals surface area (Å²) in [6, 6.07) is 10.0. The predicted molar refractivity (Wildman–Crippen MR) is 89.1 cm³/mol. The van der Waals surface area contributed by atoms with Crippen molar-refractivity contribution in [3.8, 4) is 5.75 Å². The Morgan fingerprint density at radius 1 is 0.960 bits per heavy atom. The highest BCUT2D eigenvalue weighted by atomic mass is 32.2. The minimum Gasteiger partial charge on any atom is -0.404 e. The van der Waals surface area contributed by atoms with Crippen LogP contribution in [0.15, 0.2) is 47.4 Å². The van der Waals surface area contributed by atoms with E-state index in [0.29, 0.717) is 18.5 Å². The highest BCUT2D eigenvalue weighted by molar-refractivity contribution is 7.92. The largest absolute Gasteiger partial charge is 0.573 e. The van der Waals surface area contributed by atoms with Crippen LogP contribution in [-0.2, 0) is 22.9 Å². The maximum atomic E-state index is 12.7. The van der Waals surface area contributed by atoms with Crippen LogP contribution in [0.3, 0.4) is 0 Å². The molecule has 0 aliphatic rings. The summed E-state index contributed by atoms with van der Waals surface area (Å²) in [6.45, 7) is 3.74. The van der Waals surface area contributed by atoms with Crippen LogP contribution >= 0.6 is 0 Å². The molecule has 0 heterocycles. The van der Waals surface area contributed by atoms with Crippen LogP contribution in [0.1, 0.15) is 25.0 Å². The van der Waals surface area contributed by atoms with E-state index in [1.165, 1.54) is 12.1 Å². The molecule has 0 saturated heterocycles. The van der Waals surface area contributed by atoms with Crippen LogP contribution in [-0.4, -0.2) is 14.8 Å². The fourth-order valence-corrected chi connectivity index (χ4v) is 3.72. The molecule has 8 heteroatoms. The molecule has 0 bridgehead atoms. The monoisotopic (exact) mass is 373 g/mol. The number of rotatable bonds is 6. The minimum absolute atomic E-state index is 0.398. The van der Waals surface area contributed by atoms with Crippen LogP contribution in [0.2, 0.25) is 0 Å². The molecule has 4 nitrogen and oxygen atoms in total. The van der Waals surface area contributed by atoms with Gasteiger partial charge in [0.1, 0.15) is 10.6 Å². The molecule has 2 aromatic carbocycles. The Hall–Kier alpha value is -2.22. The van der Waals surface area contributed by atoms with Crippen molar-refractivity contribution in [2.45, 2.75) is 37.9 Å². The van der Waals surface area contributed by atoms with Crippen molar-refractivity contribution in [2.24, 2.45) is 0 Å². The topological polar surface area (TPSA) is 55.4 Å². The fraction of sp³-hybridized carbons (Fsp3) is 0.294. The van der Waals surface area contributed by atoms with E-state index in [0.717, 1.165) is 23.3 Å². The van der Waals surface area contributed by atoms with E-state index in [2.05, 4.69) is 9.46 Å². The van der Waals surface area contributed by atoms with Gasteiger partial charge in [-0.25, -0.2) is 8.42 Å². The van der Waals surface area contributed by atoms with Crippen molar-refractivity contribution >= 4 is 15.7 Å². The summed E-state index contributed by atoms with van der Waals surface area (Å²) in [4.78, 5) is -0.569. The van der Waals surface area contributed by atoms with Crippen molar-refractivity contribution in [1.82, 2.24) is 0 Å². The molecule has 0 unspecified atom stereocenters. The molecule has 0 saturated carbocycles. The highest BCUT2D eigenvalue weighted by Gasteiger charge is 2.34. The second-order valence-electron chi connectivity index (χ2n) is 5.26. The first kappa shape index (κ1) is 19.1. The fourth-order valence-electron chi connectivity index (χ4n) is 2.44. The SMILES string of the molecule is CCc1cccc(CC)c1NS(=O)(=O)c1ccccc1OC(F)(F)F. The van der Waals surface area contributed by atoms with Gasteiger partial charge in [0.05, 0.1) is 5.69 Å². The lowest BCUT2D eigenvalue weighted by Gasteiger charge is -2.18. The molecular formula is C17H18F3NO3S. The Bertz CT molecular complexity index is 826. The molecule has 2 aromatic rings. The molecule has 2 rings (SSSR count). The number of alkyl halides is 3. The maximum Gasteiger partial charge on any atom is 0.573 e. The van der Waals surface area contributed by atoms with Crippen molar-refractivity contribution in [3.63, 3.8) is 0 Å². The Labute approximate surface area is 144 Å². The molecule has 1 N–H and O–H groups in total. The maximum absolute atomic E-state index is 12.7. The Balaban J connectivity index is 2.49. The van der Waals surface area contributed by atoms with E-state index in [1.54, 1.807) is 12.1 Å². The summed E-state index contributed by atoms with van der Waals surface area (Å²) in [5, 5.41) is 0. The molecule has 0 atom stereocenters. The van der Waals surface area contributed by atoms with Crippen molar-refractivity contribution < 1.29 is 26.3 Å². The number of halogens is 3. The lowest BCUT2D eigenvalue weighted by Crippen LogP contribution is -2.21. The van der Waals surface area contributed by atoms with Crippen molar-refractivity contribution in [1.29, 1.82) is 0 Å². The third-order valence-electron chi connectivity index (χ3n) is 3.60. The first-order chi connectivity index (χ1) is 11.7. The quantitative estimate of drug-likeness (QED) is 0.811. The first-order valence-electron chi connectivity index (χ1n) is 7.66. The zero-order valence-electron chi connectivity index (χ0n) is 13.7. The molecule has 0 aliphatic carbocycles. The van der Waals surface area contributed by atoms with E-state index in [9.17, 15) is 21.6 Å². The zero-order valence-corrected chi connectivity index (χ0v) is 14.5. The smallest absolute Gasteiger partial charge is 0.404 e. The molecule has 0 aliphatic heterocycles. The number of hydrogen-bond acceptors (Lipinski definition) is 3. The minimum atomic E-state index is -4.98. The van der Waals surface area contributed by atoms with Gasteiger partial charge in [-0.15, -0.1) is 13.2 Å². The number of nitrogens with one attached hydrogen (secondary N) is 1. The molecule has 0 radical (unpaired) electrons. The number of sulfonamides is 1. The molecule has 0 aromatic heterocycles. The van der Waals surface area contributed by atoms with Gasteiger partial charge in [-0.05, 0) is 36.1 Å². The summed E-state index contributed by atoms with van der Waals surface area (Å²) >= 11 is 0. The number of anilines is 1. The average molecular weight is 373 g/mol. The van der Waals surface area contributed by atoms with E-state index < -0.39 is 27.0 Å². The zero-order chi connectivity index (χ0) is 18.7. The van der Waals surface area contributed by atoms with Gasteiger partial charge in [-0.1, -0.05) is 44.2 Å². The van der Waals surface area contributed by atoms with Gasteiger partial charge < -0.3 is 4.74 Å². The molecule has 136 valence electrons. The normalized spacial score (nSPS) is 12.0. The van der Waals surface area contributed by atoms with E-state index in [-0.39, 0.29) is 0 Å². The Kier molecular flexibility index (Phi) is 5.62. The lowest BCUT2D eigenvalue weighted by atomic mass is 10.0. The van der Waals surface area contributed by atoms with Gasteiger partial charge in [-0.2, -0.15) is 0 Å². The van der Waals surface area contributed by atoms with Gasteiger partial charge in [0.15, 0.2) is 0 Å². The Morgan fingerprint density at radius 3 is 2.04 bits per heavy atom. The predicted octanol–water partition coefficient (Wildman–Crippen LogP) is 4.51. The highest BCUT2D eigenvalue weighted by Crippen LogP contribution is 2.32. The number of benzene rings is 2. The van der Waals surface area contributed by atoms with Crippen LogP contribution in [0, 0.1) is 0 Å². The molecular weight excluding hydrogens is 355 g/mol. The lowest BCUT2D eigenvalue weighted by molar-refractivity contribution is -0.275. The molecule has 0 spiro atoms. The van der Waals surface area contributed by atoms with Gasteiger partial charge in [0.2, 0.25) is 0 Å². The molecule has 25 heavy (non-hydrogen) atoms. The average Bonchev–Trinajstić information content (AvgIpc) is 2.53. The molecule has 0 fully saturated rings. The van der Waals surface area contributed by atoms with Crippen LogP contribution in [0.4, 0.5) is 18.9 Å². The summed E-state index contributed by atoms with van der Waals surface area (Å²) in [5.41, 5.74) is 1.92. The van der Waals surface area contributed by atoms with E-state index in [4.69, 9.17) is 0 Å². The van der Waals surface area contributed by atoms with Gasteiger partial charge in [0.25, 0.3) is 10.0 Å². The molecule has 0 amide bonds. The second-order valence-corrected chi connectivity index (χ2v) is 6.91. The summed E-state index contributed by atoms with van der Waals surface area (Å²) in [6.07, 6.45) is -3.83. The van der Waals surface area contributed by atoms with Crippen LogP contribution < -0.4 is 9.46 Å². The summed E-state index contributed by atoms with van der Waals surface area (Å²) in [5.74, 6) is -0.769. The van der Waals surface area contributed by atoms with Crippen molar-refractivity contribution in [3.05, 3.63) is 53.6 Å². The standard InChI is InChI=1S/C17H18F3NO3S/c1-3-12-8-7-9-13(4-2)16(12)21-25(22,23)15-11-6-5-10-14(15)24-17(18,19)20/h5-11,21H,3-4H2,1-2H3. The summed E-state index contributed by atoms with van der Waals surface area (Å²) < 4.78 is 69.3. The van der Waals surface area contributed by atoms with Gasteiger partial charge in [-0.3, -0.25) is 4.72 Å². The third-order valence-corrected chi connectivity index (χ3v) is 4.99. The second kappa shape index (κ2) is 7.35. The van der Waals surface area contributed by atoms with Crippen LogP contribution in [0.5, 0.6) is 5.75 Å². The van der Waals surface area contributed by atoms with E-state index in [1.807, 2.05) is 19.9 Å². The first-order valence-corrected chi connectivity index (χ1v) is 9.14. The Morgan fingerprint density at radius 2 is 1.52 bits per heavy atom. The van der Waals surface area contributed by atoms with Crippen LogP contribution in [0.25, 0.3) is 0 Å². The number of hydrogen-bond donors (Lipinski definition) is 1. The van der Waals surface area contributed by atoms with Crippen molar-refractivity contribution in [2.75, 3.05) is 4.72 Å². The number of ether oxygens (including phenoxy) is 1. The third kappa shape index (κ3) is 4.66. The summed E-state index contributed by atoms with van der Waals surface area (Å²) in [7, 11) is -4.26. The van der Waals surface area contributed by atoms with Gasteiger partial charge in [0, 0.05) is 0 Å². The number of para-hydroxylation sites is 2.